The molecule has 0 aliphatic heterocycles. The van der Waals surface area contributed by atoms with Gasteiger partial charge in [-0.15, -0.1) is 0 Å². The van der Waals surface area contributed by atoms with Gasteiger partial charge >= 0.3 is 5.97 Å². The van der Waals surface area contributed by atoms with Crippen LogP contribution in [0.3, 0.4) is 0 Å². The highest BCUT2D eigenvalue weighted by atomic mass is 16.5. The molecule has 1 atom stereocenters. The van der Waals surface area contributed by atoms with Crippen LogP contribution in [-0.2, 0) is 14.3 Å². The molecule has 0 unspecified atom stereocenters. The van der Waals surface area contributed by atoms with Crippen LogP contribution in [-0.4, -0.2) is 38.9 Å². The number of nitrogens with one attached hydrogen (secondary N) is 1. The molecule has 0 bridgehead atoms. The van der Waals surface area contributed by atoms with Gasteiger partial charge in [-0.1, -0.05) is 0 Å². The average Bonchev–Trinajstić information content (AvgIpc) is 2.16. The highest BCUT2D eigenvalue weighted by Gasteiger charge is 2.10. The summed E-state index contributed by atoms with van der Waals surface area (Å²) in [5, 5.41) is 3.04. The Kier molecular flexibility index (Phi) is 7.63. The van der Waals surface area contributed by atoms with Crippen molar-refractivity contribution in [3.05, 3.63) is 0 Å². The lowest BCUT2D eigenvalue weighted by molar-refractivity contribution is -0.142. The van der Waals surface area contributed by atoms with Crippen LogP contribution in [0.15, 0.2) is 0 Å². The molecule has 0 fully saturated rings. The summed E-state index contributed by atoms with van der Waals surface area (Å²) >= 11 is 0. The number of hydrogen-bond acceptors (Lipinski definition) is 4. The third kappa shape index (κ3) is 6.54. The van der Waals surface area contributed by atoms with E-state index in [2.05, 4.69) is 10.1 Å². The summed E-state index contributed by atoms with van der Waals surface area (Å²) in [4.78, 5) is 10.9. The SMILES string of the molecule is CCOCCCN[C@@H](C)C(=O)OC. The zero-order valence-corrected chi connectivity index (χ0v) is 8.63. The summed E-state index contributed by atoms with van der Waals surface area (Å²) in [5.74, 6) is -0.226. The molecule has 0 aliphatic carbocycles. The second-order valence-electron chi connectivity index (χ2n) is 2.75. The van der Waals surface area contributed by atoms with E-state index in [0.29, 0.717) is 0 Å². The molecule has 0 spiro atoms. The quantitative estimate of drug-likeness (QED) is 0.469. The fraction of sp³-hybridized carbons (Fsp3) is 0.889. The monoisotopic (exact) mass is 189 g/mol. The van der Waals surface area contributed by atoms with Crippen LogP contribution in [0.4, 0.5) is 0 Å². The molecule has 0 aromatic carbocycles. The lowest BCUT2D eigenvalue weighted by atomic mass is 10.3. The van der Waals surface area contributed by atoms with Gasteiger partial charge < -0.3 is 14.8 Å². The van der Waals surface area contributed by atoms with Crippen LogP contribution in [0.5, 0.6) is 0 Å². The van der Waals surface area contributed by atoms with Gasteiger partial charge in [0.25, 0.3) is 0 Å². The third-order valence-electron chi connectivity index (χ3n) is 1.67. The molecule has 0 aromatic rings. The van der Waals surface area contributed by atoms with Crippen LogP contribution in [0.1, 0.15) is 20.3 Å². The standard InChI is InChI=1S/C9H19NO3/c1-4-13-7-5-6-10-8(2)9(11)12-3/h8,10H,4-7H2,1-3H3/t8-/m0/s1. The Morgan fingerprint density at radius 1 is 1.54 bits per heavy atom. The third-order valence-corrected chi connectivity index (χ3v) is 1.67. The van der Waals surface area contributed by atoms with Gasteiger partial charge in [-0.3, -0.25) is 4.79 Å². The number of carbonyl (C=O) groups excluding carboxylic acids is 1. The predicted octanol–water partition coefficient (Wildman–Crippen LogP) is 0.564. The molecule has 0 aliphatic rings. The van der Waals surface area contributed by atoms with E-state index in [1.807, 2.05) is 6.92 Å². The first-order valence-electron chi connectivity index (χ1n) is 4.61. The molecule has 0 saturated heterocycles. The molecule has 0 saturated carbocycles. The van der Waals surface area contributed by atoms with E-state index in [9.17, 15) is 4.79 Å². The molecular formula is C9H19NO3. The number of ether oxygens (including phenoxy) is 2. The Bertz CT molecular complexity index is 139. The Hall–Kier alpha value is -0.610. The normalized spacial score (nSPS) is 12.5. The minimum atomic E-state index is -0.230. The van der Waals surface area contributed by atoms with E-state index in [1.54, 1.807) is 6.92 Å². The van der Waals surface area contributed by atoms with Crippen molar-refractivity contribution in [2.75, 3.05) is 26.9 Å². The molecule has 0 rings (SSSR count). The first-order chi connectivity index (χ1) is 6.22. The molecule has 1 N–H and O–H groups in total. The average molecular weight is 189 g/mol. The van der Waals surface area contributed by atoms with E-state index < -0.39 is 0 Å². The van der Waals surface area contributed by atoms with Gasteiger partial charge in [-0.2, -0.15) is 0 Å². The van der Waals surface area contributed by atoms with E-state index in [4.69, 9.17) is 4.74 Å². The largest absolute Gasteiger partial charge is 0.468 e. The number of esters is 1. The first kappa shape index (κ1) is 12.4. The summed E-state index contributed by atoms with van der Waals surface area (Å²) in [7, 11) is 1.39. The maximum absolute atomic E-state index is 10.9. The summed E-state index contributed by atoms with van der Waals surface area (Å²) in [6.45, 7) is 6.00. The molecule has 0 amide bonds. The van der Waals surface area contributed by atoms with Crippen LogP contribution >= 0.6 is 0 Å². The van der Waals surface area contributed by atoms with Crippen LogP contribution in [0, 0.1) is 0 Å². The van der Waals surface area contributed by atoms with Crippen molar-refractivity contribution < 1.29 is 14.3 Å². The maximum Gasteiger partial charge on any atom is 0.322 e. The topological polar surface area (TPSA) is 47.6 Å². The van der Waals surface area contributed by atoms with Crippen molar-refractivity contribution in [3.63, 3.8) is 0 Å². The number of carbonyl (C=O) groups is 1. The Morgan fingerprint density at radius 3 is 2.77 bits per heavy atom. The maximum atomic E-state index is 10.9. The van der Waals surface area contributed by atoms with Gasteiger partial charge in [0.1, 0.15) is 6.04 Å². The molecule has 4 nitrogen and oxygen atoms in total. The van der Waals surface area contributed by atoms with Gasteiger partial charge in [0.05, 0.1) is 7.11 Å². The minimum Gasteiger partial charge on any atom is -0.468 e. The molecule has 13 heavy (non-hydrogen) atoms. The summed E-state index contributed by atoms with van der Waals surface area (Å²) in [6.07, 6.45) is 0.912. The fourth-order valence-electron chi connectivity index (χ4n) is 0.897. The van der Waals surface area contributed by atoms with Crippen molar-refractivity contribution in [2.45, 2.75) is 26.3 Å². The smallest absolute Gasteiger partial charge is 0.322 e. The highest BCUT2D eigenvalue weighted by Crippen LogP contribution is 1.87. The van der Waals surface area contributed by atoms with Crippen LogP contribution in [0.25, 0.3) is 0 Å². The van der Waals surface area contributed by atoms with Crippen molar-refractivity contribution in [1.82, 2.24) is 5.32 Å². The summed E-state index contributed by atoms with van der Waals surface area (Å²) in [5.41, 5.74) is 0. The summed E-state index contributed by atoms with van der Waals surface area (Å²) in [6, 6.07) is -0.230. The van der Waals surface area contributed by atoms with Crippen molar-refractivity contribution in [3.8, 4) is 0 Å². The molecule has 0 heterocycles. The van der Waals surface area contributed by atoms with Gasteiger partial charge in [0, 0.05) is 13.2 Å². The second kappa shape index (κ2) is 8.01. The Morgan fingerprint density at radius 2 is 2.23 bits per heavy atom. The summed E-state index contributed by atoms with van der Waals surface area (Å²) < 4.78 is 9.70. The number of hydrogen-bond donors (Lipinski definition) is 1. The molecule has 0 aromatic heterocycles. The van der Waals surface area contributed by atoms with Gasteiger partial charge in [-0.05, 0) is 26.8 Å². The van der Waals surface area contributed by atoms with E-state index in [1.165, 1.54) is 7.11 Å². The predicted molar refractivity (Wildman–Crippen MR) is 50.6 cm³/mol. The number of rotatable bonds is 7. The fourth-order valence-corrected chi connectivity index (χ4v) is 0.897. The van der Waals surface area contributed by atoms with Crippen molar-refractivity contribution >= 4 is 5.97 Å². The second-order valence-corrected chi connectivity index (χ2v) is 2.75. The lowest BCUT2D eigenvalue weighted by Crippen LogP contribution is -2.35. The molecule has 78 valence electrons. The minimum absolute atomic E-state index is 0.226. The van der Waals surface area contributed by atoms with Crippen LogP contribution < -0.4 is 5.32 Å². The first-order valence-corrected chi connectivity index (χ1v) is 4.61. The van der Waals surface area contributed by atoms with E-state index >= 15 is 0 Å². The zero-order chi connectivity index (χ0) is 10.1. The van der Waals surface area contributed by atoms with E-state index in [0.717, 1.165) is 26.2 Å². The molecular weight excluding hydrogens is 170 g/mol. The molecule has 0 radical (unpaired) electrons. The van der Waals surface area contributed by atoms with Crippen LogP contribution in [0.2, 0.25) is 0 Å². The number of methoxy groups -OCH3 is 1. The lowest BCUT2D eigenvalue weighted by Gasteiger charge is -2.10. The Balaban J connectivity index is 3.26. The molecule has 4 heteroatoms. The highest BCUT2D eigenvalue weighted by molar-refractivity contribution is 5.74. The van der Waals surface area contributed by atoms with Gasteiger partial charge in [-0.25, -0.2) is 0 Å². The van der Waals surface area contributed by atoms with Crippen molar-refractivity contribution in [2.24, 2.45) is 0 Å². The Labute approximate surface area is 79.6 Å². The van der Waals surface area contributed by atoms with Crippen molar-refractivity contribution in [1.29, 1.82) is 0 Å². The van der Waals surface area contributed by atoms with Gasteiger partial charge in [0.2, 0.25) is 0 Å². The van der Waals surface area contributed by atoms with Gasteiger partial charge in [0.15, 0.2) is 0 Å². The zero-order valence-electron chi connectivity index (χ0n) is 8.63. The van der Waals surface area contributed by atoms with E-state index in [-0.39, 0.29) is 12.0 Å².